The number of carbonyl (C=O) groups excluding carboxylic acids is 10. The van der Waals surface area contributed by atoms with Crippen molar-refractivity contribution in [1.29, 1.82) is 0 Å². The van der Waals surface area contributed by atoms with Gasteiger partial charge in [-0.05, 0) is 94.2 Å². The van der Waals surface area contributed by atoms with Gasteiger partial charge in [0.2, 0.25) is 29.5 Å². The summed E-state index contributed by atoms with van der Waals surface area (Å²) in [5, 5.41) is 7.02. The van der Waals surface area contributed by atoms with Gasteiger partial charge in [0.05, 0.1) is 73.8 Å². The van der Waals surface area contributed by atoms with Gasteiger partial charge in [-0.25, -0.2) is 5.06 Å². The summed E-state index contributed by atoms with van der Waals surface area (Å²) in [5.74, 6) is -3.42. The molecule has 1 saturated carbocycles. The zero-order chi connectivity index (χ0) is 62.7. The predicted molar refractivity (Wildman–Crippen MR) is 326 cm³/mol. The Kier molecular flexibility index (Phi) is 28.3. The number of ketones is 3. The number of unbranched alkanes of at least 4 members (excludes halogenated alkanes) is 2. The molecule has 0 spiro atoms. The second-order valence-corrected chi connectivity index (χ2v) is 25.5. The van der Waals surface area contributed by atoms with E-state index >= 15 is 0 Å². The SMILES string of the molecule is CC[C@H](C)[C@@H]([C@@H](CC(=O)N1CCC[C@H]1[C@H](OC)[C@@H](C)C(=O)C[C@@]1(C(=O)N2CCCCO2)C[C@@H]1c1ccccc1)OC)N(C)C(=O)[C@@H](CC(=O)[C@H](C(C)C)N(C)CCCC(=O)CNC(=O)CCCCCN1C(=O)CC(N[C@H](C=O)CS)C1=O)C(C)C. The summed E-state index contributed by atoms with van der Waals surface area (Å²) in [6.07, 6.45) is 6.05. The number of aldehydes is 1. The molecule has 5 rings (SSSR count). The van der Waals surface area contributed by atoms with Crippen LogP contribution in [0, 0.1) is 35.0 Å². The van der Waals surface area contributed by atoms with Gasteiger partial charge in [0.1, 0.15) is 12.1 Å². The number of likely N-dealkylation sites (tertiary alicyclic amines) is 2. The van der Waals surface area contributed by atoms with Gasteiger partial charge in [-0.15, -0.1) is 0 Å². The summed E-state index contributed by atoms with van der Waals surface area (Å²) in [6.45, 7) is 15.7. The van der Waals surface area contributed by atoms with Gasteiger partial charge < -0.3 is 29.4 Å². The molecule has 0 radical (unpaired) electrons. The number of rotatable bonds is 38. The zero-order valence-electron chi connectivity index (χ0n) is 52.7. The van der Waals surface area contributed by atoms with Gasteiger partial charge in [-0.3, -0.25) is 63.1 Å². The quantitative estimate of drug-likeness (QED) is 0.0297. The molecular formula is C64H101N7O13S. The molecule has 21 heteroatoms. The molecule has 4 aliphatic rings. The van der Waals surface area contributed by atoms with E-state index in [9.17, 15) is 47.9 Å². The summed E-state index contributed by atoms with van der Waals surface area (Å²) in [7, 11) is 6.71. The average Bonchev–Trinajstić information content (AvgIpc) is 1.61. The van der Waals surface area contributed by atoms with Crippen molar-refractivity contribution < 1.29 is 62.3 Å². The summed E-state index contributed by atoms with van der Waals surface area (Å²) in [4.78, 5) is 147. The first-order valence-electron chi connectivity index (χ1n) is 31.3. The summed E-state index contributed by atoms with van der Waals surface area (Å²) >= 11 is 4.09. The largest absolute Gasteiger partial charge is 0.379 e. The number of nitrogens with zero attached hydrogens (tertiary/aromatic N) is 5. The monoisotopic (exact) mass is 1210 g/mol. The molecule has 3 aliphatic heterocycles. The van der Waals surface area contributed by atoms with E-state index < -0.39 is 59.7 Å². The number of methoxy groups -OCH3 is 2. The number of hydrogen-bond acceptors (Lipinski definition) is 16. The fourth-order valence-corrected chi connectivity index (χ4v) is 13.5. The van der Waals surface area contributed by atoms with Crippen LogP contribution < -0.4 is 10.6 Å². The van der Waals surface area contributed by atoms with E-state index in [4.69, 9.17) is 14.3 Å². The molecule has 20 nitrogen and oxygen atoms in total. The smallest absolute Gasteiger partial charge is 0.253 e. The number of Topliss-reactive ketones (excluding diaryl/α,β-unsaturated/α-hetero) is 3. The van der Waals surface area contributed by atoms with Gasteiger partial charge in [0.15, 0.2) is 11.6 Å². The van der Waals surface area contributed by atoms with Crippen LogP contribution >= 0.6 is 12.6 Å². The number of thiol groups is 1. The van der Waals surface area contributed by atoms with Crippen LogP contribution in [0.1, 0.15) is 163 Å². The van der Waals surface area contributed by atoms with Crippen molar-refractivity contribution in [3.05, 3.63) is 35.9 Å². The molecule has 3 saturated heterocycles. The van der Waals surface area contributed by atoms with E-state index in [1.54, 1.807) is 26.2 Å². The molecule has 0 aromatic heterocycles. The van der Waals surface area contributed by atoms with Crippen LogP contribution in [0.5, 0.6) is 0 Å². The topological polar surface area (TPSA) is 239 Å². The van der Waals surface area contributed by atoms with Crippen molar-refractivity contribution in [3.63, 3.8) is 0 Å². The first-order valence-corrected chi connectivity index (χ1v) is 32.0. The molecule has 3 heterocycles. The van der Waals surface area contributed by atoms with Crippen LogP contribution in [0.25, 0.3) is 0 Å². The number of amides is 6. The fourth-order valence-electron chi connectivity index (χ4n) is 13.3. The number of benzene rings is 1. The third-order valence-electron chi connectivity index (χ3n) is 18.5. The number of ether oxygens (including phenoxy) is 2. The Balaban J connectivity index is 1.12. The lowest BCUT2D eigenvalue weighted by atomic mass is 9.83. The van der Waals surface area contributed by atoms with Gasteiger partial charge in [-0.1, -0.05) is 91.6 Å². The number of imide groups is 1. The van der Waals surface area contributed by atoms with Crippen molar-refractivity contribution in [2.45, 2.75) is 200 Å². The summed E-state index contributed by atoms with van der Waals surface area (Å²) in [5.41, 5.74) is 0.0945. The second kappa shape index (κ2) is 34.0. The number of likely N-dealkylation sites (N-methyl/N-ethyl adjacent to an activating group) is 2. The Morgan fingerprint density at radius 2 is 1.59 bits per heavy atom. The maximum absolute atomic E-state index is 14.9. The lowest BCUT2D eigenvalue weighted by Crippen LogP contribution is -2.54. The summed E-state index contributed by atoms with van der Waals surface area (Å²) in [6, 6.07) is 7.02. The Bertz CT molecular complexity index is 2430. The van der Waals surface area contributed by atoms with Crippen LogP contribution in [0.2, 0.25) is 0 Å². The second-order valence-electron chi connectivity index (χ2n) is 25.2. The Morgan fingerprint density at radius 3 is 2.20 bits per heavy atom. The maximum Gasteiger partial charge on any atom is 0.253 e. The molecule has 1 aliphatic carbocycles. The van der Waals surface area contributed by atoms with Crippen molar-refractivity contribution in [1.82, 2.24) is 35.3 Å². The van der Waals surface area contributed by atoms with E-state index in [1.807, 2.05) is 95.6 Å². The van der Waals surface area contributed by atoms with Gasteiger partial charge >= 0.3 is 0 Å². The fraction of sp³-hybridized carbons (Fsp3) is 0.750. The van der Waals surface area contributed by atoms with Crippen molar-refractivity contribution in [2.75, 3.05) is 73.4 Å². The molecule has 1 aromatic carbocycles. The van der Waals surface area contributed by atoms with E-state index in [-0.39, 0.29) is 134 Å². The highest BCUT2D eigenvalue weighted by Crippen LogP contribution is 2.63. The molecule has 85 heavy (non-hydrogen) atoms. The first kappa shape index (κ1) is 70.8. The molecule has 0 bridgehead atoms. The van der Waals surface area contributed by atoms with Crippen molar-refractivity contribution in [3.8, 4) is 0 Å². The number of nitrogens with one attached hydrogen (secondary N) is 2. The molecule has 1 aromatic rings. The Labute approximate surface area is 511 Å². The Morgan fingerprint density at radius 1 is 0.871 bits per heavy atom. The maximum atomic E-state index is 14.9. The minimum absolute atomic E-state index is 0.00613. The minimum atomic E-state index is -0.922. The molecule has 4 fully saturated rings. The lowest BCUT2D eigenvalue weighted by molar-refractivity contribution is -0.203. The molecular weight excluding hydrogens is 1110 g/mol. The average molecular weight is 1210 g/mol. The molecule has 6 amide bonds. The molecule has 12 atom stereocenters. The van der Waals surface area contributed by atoms with Crippen LogP contribution in [-0.2, 0) is 62.3 Å². The van der Waals surface area contributed by atoms with Gasteiger partial charge in [0.25, 0.3) is 5.91 Å². The minimum Gasteiger partial charge on any atom is -0.379 e. The van der Waals surface area contributed by atoms with E-state index in [0.717, 1.165) is 18.4 Å². The summed E-state index contributed by atoms with van der Waals surface area (Å²) < 4.78 is 12.3. The highest BCUT2D eigenvalue weighted by molar-refractivity contribution is 7.80. The molecule has 476 valence electrons. The highest BCUT2D eigenvalue weighted by Gasteiger charge is 2.63. The lowest BCUT2D eigenvalue weighted by Gasteiger charge is -2.41. The zero-order valence-corrected chi connectivity index (χ0v) is 53.6. The molecule has 2 N–H and O–H groups in total. The van der Waals surface area contributed by atoms with E-state index in [1.165, 1.54) is 9.96 Å². The Hall–Kier alpha value is -4.93. The predicted octanol–water partition coefficient (Wildman–Crippen LogP) is 6.02. The van der Waals surface area contributed by atoms with Gasteiger partial charge in [-0.2, -0.15) is 12.6 Å². The number of hydroxylamine groups is 2. The van der Waals surface area contributed by atoms with Crippen LogP contribution in [0.15, 0.2) is 30.3 Å². The van der Waals surface area contributed by atoms with E-state index in [0.29, 0.717) is 83.9 Å². The highest BCUT2D eigenvalue weighted by atomic mass is 32.1. The number of hydrogen-bond donors (Lipinski definition) is 3. The van der Waals surface area contributed by atoms with Crippen LogP contribution in [0.4, 0.5) is 0 Å². The standard InChI is InChI=1S/C64H101N7O13S/c1-12-43(6)59(54(82-10)35-57(78)69-30-22-26-51(69)60(83-11)44(7)53(75)37-64(63(81)71-31-19-20-32-84-71)36-49(64)45-23-15-13-16-24-45)68(9)61(79)48(41(2)3)33-52(74)58(42(4)5)67(8)28-21-25-47(73)38-65-55(76)27-17-14-18-29-70-56(77)34-50(62(70)80)66-46(39-72)40-85/h13,15-16,23-24,39,41-44,46,48-51,54,58-60,66,85H,12,14,17-22,25-38,40H2,1-11H3,(H,65,76)/t43-,44-,46+,48-,49+,50?,51-,54+,58-,59-,60+,64-/m0/s1. The number of carbonyl (C=O) groups is 10. The normalized spacial score (nSPS) is 22.7. The third-order valence-corrected chi connectivity index (χ3v) is 18.9. The van der Waals surface area contributed by atoms with E-state index in [2.05, 4.69) is 23.3 Å². The van der Waals surface area contributed by atoms with Crippen molar-refractivity contribution in [2.24, 2.45) is 35.0 Å². The van der Waals surface area contributed by atoms with Gasteiger partial charge in [0, 0.05) is 84.2 Å². The van der Waals surface area contributed by atoms with Crippen LogP contribution in [-0.4, -0.2) is 200 Å². The first-order chi connectivity index (χ1) is 40.5. The molecule has 1 unspecified atom stereocenters. The van der Waals surface area contributed by atoms with Crippen LogP contribution in [0.3, 0.4) is 0 Å². The van der Waals surface area contributed by atoms with Crippen molar-refractivity contribution >= 4 is 71.7 Å². The third kappa shape index (κ3) is 18.8.